The molecular weight excluding hydrogens is 368 g/mol. The second-order valence-electron chi connectivity index (χ2n) is 5.63. The number of aromatic nitrogens is 2. The Bertz CT molecular complexity index is 1090. The van der Waals surface area contributed by atoms with Crippen molar-refractivity contribution in [1.29, 1.82) is 0 Å². The van der Waals surface area contributed by atoms with Crippen LogP contribution in [0.5, 0.6) is 0 Å². The molecule has 2 aromatic heterocycles. The number of rotatable bonds is 5. The van der Waals surface area contributed by atoms with Gasteiger partial charge in [0.2, 0.25) is 11.8 Å². The van der Waals surface area contributed by atoms with Gasteiger partial charge in [-0.2, -0.15) is 0 Å². The summed E-state index contributed by atoms with van der Waals surface area (Å²) in [5, 5.41) is 5.05. The zero-order chi connectivity index (χ0) is 18.6. The van der Waals surface area contributed by atoms with Gasteiger partial charge in [-0.25, -0.2) is 4.98 Å². The minimum absolute atomic E-state index is 0.00440. The maximum atomic E-state index is 12.0. The summed E-state index contributed by atoms with van der Waals surface area (Å²) in [5.41, 5.74) is 7.24. The molecule has 0 bridgehead atoms. The first kappa shape index (κ1) is 17.1. The number of oxazole rings is 1. The van der Waals surface area contributed by atoms with E-state index in [2.05, 4.69) is 21.0 Å². The number of nitrogens with one attached hydrogen (secondary N) is 2. The molecule has 4 aromatic rings. The molecule has 0 fully saturated rings. The summed E-state index contributed by atoms with van der Waals surface area (Å²) in [6.07, 6.45) is -0.00440. The molecule has 2 aromatic carbocycles. The zero-order valence-electron chi connectivity index (χ0n) is 14.0. The number of hydrogen-bond donors (Lipinski definition) is 2. The lowest BCUT2D eigenvalue weighted by molar-refractivity contribution is -0.127. The number of hydrogen-bond acceptors (Lipinski definition) is 7. The van der Waals surface area contributed by atoms with Gasteiger partial charge in [0, 0.05) is 5.39 Å². The highest BCUT2D eigenvalue weighted by Gasteiger charge is 2.13. The van der Waals surface area contributed by atoms with E-state index in [4.69, 9.17) is 8.94 Å². The van der Waals surface area contributed by atoms with Gasteiger partial charge >= 0.3 is 0 Å². The standard InChI is InChI=1S/C18H14N4O4S/c23-16(9-13-11-5-1-3-7-14(11)26-22-13)20-21-17(24)10-27-18-19-12-6-2-4-8-15(12)25-18/h1-8H,9-10H2,(H,20,23)(H,21,24). The van der Waals surface area contributed by atoms with Gasteiger partial charge in [-0.05, 0) is 24.3 Å². The smallest absolute Gasteiger partial charge is 0.257 e. The molecule has 0 unspecified atom stereocenters. The highest BCUT2D eigenvalue weighted by Crippen LogP contribution is 2.22. The monoisotopic (exact) mass is 382 g/mol. The van der Waals surface area contributed by atoms with E-state index >= 15 is 0 Å². The van der Waals surface area contributed by atoms with E-state index in [0.29, 0.717) is 22.1 Å². The van der Waals surface area contributed by atoms with Gasteiger partial charge in [0.25, 0.3) is 5.22 Å². The zero-order valence-corrected chi connectivity index (χ0v) is 14.8. The SMILES string of the molecule is O=C(CSc1nc2ccccc2o1)NNC(=O)Cc1noc2ccccc12. The second kappa shape index (κ2) is 7.50. The molecule has 27 heavy (non-hydrogen) atoms. The molecule has 2 heterocycles. The van der Waals surface area contributed by atoms with Crippen LogP contribution >= 0.6 is 11.8 Å². The Hall–Kier alpha value is -3.33. The fourth-order valence-electron chi connectivity index (χ4n) is 2.48. The van der Waals surface area contributed by atoms with Crippen LogP contribution in [0.2, 0.25) is 0 Å². The molecular formula is C18H14N4O4S. The number of benzene rings is 2. The van der Waals surface area contributed by atoms with Crippen LogP contribution in [0.3, 0.4) is 0 Å². The number of carbonyl (C=O) groups excluding carboxylic acids is 2. The Morgan fingerprint density at radius 1 is 0.963 bits per heavy atom. The van der Waals surface area contributed by atoms with Crippen molar-refractivity contribution in [3.05, 3.63) is 54.2 Å². The van der Waals surface area contributed by atoms with Crippen LogP contribution < -0.4 is 10.9 Å². The number of nitrogens with zero attached hydrogens (tertiary/aromatic N) is 2. The van der Waals surface area contributed by atoms with Crippen LogP contribution in [0.4, 0.5) is 0 Å². The van der Waals surface area contributed by atoms with Crippen molar-refractivity contribution in [2.45, 2.75) is 11.6 Å². The lowest BCUT2D eigenvalue weighted by Gasteiger charge is -2.05. The normalized spacial score (nSPS) is 11.0. The first-order valence-corrected chi connectivity index (χ1v) is 9.07. The van der Waals surface area contributed by atoms with E-state index in [9.17, 15) is 9.59 Å². The van der Waals surface area contributed by atoms with Crippen LogP contribution in [-0.4, -0.2) is 27.7 Å². The second-order valence-corrected chi connectivity index (χ2v) is 6.56. The van der Waals surface area contributed by atoms with Gasteiger partial charge in [0.15, 0.2) is 11.2 Å². The average Bonchev–Trinajstić information content (AvgIpc) is 3.28. The fourth-order valence-corrected chi connectivity index (χ4v) is 3.12. The number of fused-ring (bicyclic) bond motifs is 2. The molecule has 0 spiro atoms. The van der Waals surface area contributed by atoms with Gasteiger partial charge < -0.3 is 8.94 Å². The first-order chi connectivity index (χ1) is 13.2. The van der Waals surface area contributed by atoms with Gasteiger partial charge in [-0.3, -0.25) is 20.4 Å². The van der Waals surface area contributed by atoms with Crippen molar-refractivity contribution in [3.63, 3.8) is 0 Å². The molecule has 136 valence electrons. The van der Waals surface area contributed by atoms with Gasteiger partial charge in [0.05, 0.1) is 12.2 Å². The maximum absolute atomic E-state index is 12.0. The summed E-state index contributed by atoms with van der Waals surface area (Å²) in [4.78, 5) is 28.2. The minimum atomic E-state index is -0.394. The topological polar surface area (TPSA) is 110 Å². The Balaban J connectivity index is 1.26. The van der Waals surface area contributed by atoms with E-state index in [1.807, 2.05) is 36.4 Å². The number of hydrazine groups is 1. The molecule has 0 aliphatic heterocycles. The van der Waals surface area contributed by atoms with Crippen LogP contribution in [0.25, 0.3) is 22.1 Å². The van der Waals surface area contributed by atoms with E-state index in [-0.39, 0.29) is 18.1 Å². The first-order valence-electron chi connectivity index (χ1n) is 8.08. The summed E-state index contributed by atoms with van der Waals surface area (Å²) in [6, 6.07) is 14.6. The van der Waals surface area contributed by atoms with Crippen LogP contribution in [0, 0.1) is 0 Å². The van der Waals surface area contributed by atoms with E-state index in [0.717, 1.165) is 22.7 Å². The van der Waals surface area contributed by atoms with E-state index < -0.39 is 5.91 Å². The molecule has 0 aliphatic carbocycles. The Labute approximate surface area is 157 Å². The van der Waals surface area contributed by atoms with E-state index in [1.54, 1.807) is 12.1 Å². The summed E-state index contributed by atoms with van der Waals surface area (Å²) >= 11 is 1.14. The minimum Gasteiger partial charge on any atom is -0.431 e. The maximum Gasteiger partial charge on any atom is 0.257 e. The molecule has 2 N–H and O–H groups in total. The molecule has 0 atom stereocenters. The Morgan fingerprint density at radius 3 is 2.56 bits per heavy atom. The predicted molar refractivity (Wildman–Crippen MR) is 98.7 cm³/mol. The average molecular weight is 382 g/mol. The number of amides is 2. The summed E-state index contributed by atoms with van der Waals surface area (Å²) < 4.78 is 10.7. The fraction of sp³-hybridized carbons (Fsp3) is 0.111. The van der Waals surface area contributed by atoms with Crippen LogP contribution in [-0.2, 0) is 16.0 Å². The summed E-state index contributed by atoms with van der Waals surface area (Å²) in [5.74, 6) is -0.713. The largest absolute Gasteiger partial charge is 0.431 e. The third-order valence-corrected chi connectivity index (χ3v) is 4.55. The highest BCUT2D eigenvalue weighted by molar-refractivity contribution is 7.99. The molecule has 0 aliphatic rings. The molecule has 0 saturated heterocycles. The van der Waals surface area contributed by atoms with Crippen LogP contribution in [0.1, 0.15) is 5.69 Å². The third-order valence-electron chi connectivity index (χ3n) is 3.72. The molecule has 0 radical (unpaired) electrons. The third kappa shape index (κ3) is 3.93. The number of carbonyl (C=O) groups is 2. The van der Waals surface area contributed by atoms with Crippen molar-refractivity contribution in [1.82, 2.24) is 21.0 Å². The molecule has 9 heteroatoms. The molecule has 4 rings (SSSR count). The molecule has 8 nitrogen and oxygen atoms in total. The lowest BCUT2D eigenvalue weighted by Crippen LogP contribution is -2.43. The quantitative estimate of drug-likeness (QED) is 0.403. The van der Waals surface area contributed by atoms with Gasteiger partial charge in [0.1, 0.15) is 11.2 Å². The van der Waals surface area contributed by atoms with Crippen molar-refractivity contribution < 1.29 is 18.5 Å². The van der Waals surface area contributed by atoms with Crippen molar-refractivity contribution in [2.75, 3.05) is 5.75 Å². The number of thioether (sulfide) groups is 1. The van der Waals surface area contributed by atoms with Gasteiger partial charge in [-0.15, -0.1) is 0 Å². The number of para-hydroxylation sites is 3. The van der Waals surface area contributed by atoms with Crippen LogP contribution in [0.15, 0.2) is 62.7 Å². The molecule has 0 saturated carbocycles. The lowest BCUT2D eigenvalue weighted by atomic mass is 10.2. The Morgan fingerprint density at radius 2 is 1.70 bits per heavy atom. The Kier molecular flexibility index (Phi) is 4.75. The molecule has 2 amide bonds. The summed E-state index contributed by atoms with van der Waals surface area (Å²) in [6.45, 7) is 0. The van der Waals surface area contributed by atoms with Gasteiger partial charge in [-0.1, -0.05) is 41.2 Å². The highest BCUT2D eigenvalue weighted by atomic mass is 32.2. The predicted octanol–water partition coefficient (Wildman–Crippen LogP) is 2.45. The van der Waals surface area contributed by atoms with Crippen molar-refractivity contribution >= 4 is 45.6 Å². The van der Waals surface area contributed by atoms with Crippen molar-refractivity contribution in [2.24, 2.45) is 0 Å². The summed E-state index contributed by atoms with van der Waals surface area (Å²) in [7, 11) is 0. The van der Waals surface area contributed by atoms with E-state index in [1.165, 1.54) is 0 Å². The van der Waals surface area contributed by atoms with Crippen molar-refractivity contribution in [3.8, 4) is 0 Å².